The number of methoxy groups -OCH3 is 2. The smallest absolute Gasteiger partial charge is 0.193 e. The van der Waals surface area contributed by atoms with E-state index in [2.05, 4.69) is 40.4 Å². The van der Waals surface area contributed by atoms with Gasteiger partial charge >= 0.3 is 0 Å². The van der Waals surface area contributed by atoms with Crippen LogP contribution in [0.15, 0.2) is 47.6 Å². The Kier molecular flexibility index (Phi) is 5.31. The molecule has 3 aromatic rings. The maximum absolute atomic E-state index is 6.04. The topological polar surface area (TPSA) is 84.7 Å². The fraction of sp³-hybridized carbons (Fsp3) is 0.250. The number of anilines is 1. The fourth-order valence-electron chi connectivity index (χ4n) is 3.03. The number of fused-ring (bicyclic) bond motifs is 1. The minimum atomic E-state index is 0.341. The molecule has 1 heterocycles. The van der Waals surface area contributed by atoms with E-state index < -0.39 is 0 Å². The number of nitrogens with zero attached hydrogens (tertiary/aromatic N) is 1. The van der Waals surface area contributed by atoms with Gasteiger partial charge in [-0.05, 0) is 42.7 Å². The van der Waals surface area contributed by atoms with Gasteiger partial charge in [0.05, 0.1) is 19.9 Å². The lowest BCUT2D eigenvalue weighted by Gasteiger charge is -2.12. The van der Waals surface area contributed by atoms with Crippen LogP contribution in [0.4, 0.5) is 5.69 Å². The quantitative estimate of drug-likeness (QED) is 0.468. The van der Waals surface area contributed by atoms with Gasteiger partial charge < -0.3 is 25.5 Å². The molecular weight excluding hydrogens is 328 g/mol. The number of nitrogens with two attached hydrogens (primary N) is 1. The van der Waals surface area contributed by atoms with E-state index in [4.69, 9.17) is 15.2 Å². The molecule has 0 atom stereocenters. The Bertz CT molecular complexity index is 931. The Morgan fingerprint density at radius 3 is 2.81 bits per heavy atom. The first-order valence-electron chi connectivity index (χ1n) is 8.47. The zero-order chi connectivity index (χ0) is 18.5. The van der Waals surface area contributed by atoms with Crippen molar-refractivity contribution in [2.24, 2.45) is 10.7 Å². The van der Waals surface area contributed by atoms with Gasteiger partial charge in [0.2, 0.25) is 0 Å². The number of aromatic amines is 1. The van der Waals surface area contributed by atoms with Crippen LogP contribution >= 0.6 is 0 Å². The van der Waals surface area contributed by atoms with E-state index in [1.165, 1.54) is 16.5 Å². The van der Waals surface area contributed by atoms with E-state index in [0.717, 1.165) is 23.4 Å². The summed E-state index contributed by atoms with van der Waals surface area (Å²) < 4.78 is 10.6. The summed E-state index contributed by atoms with van der Waals surface area (Å²) in [5, 5.41) is 4.35. The number of hydrogen-bond donors (Lipinski definition) is 3. The molecule has 1 aromatic heterocycles. The Morgan fingerprint density at radius 2 is 2.04 bits per heavy atom. The first-order valence-corrected chi connectivity index (χ1v) is 8.47. The Hall–Kier alpha value is -3.15. The third kappa shape index (κ3) is 3.74. The maximum Gasteiger partial charge on any atom is 0.193 e. The third-order valence-electron chi connectivity index (χ3n) is 4.33. The van der Waals surface area contributed by atoms with Crippen molar-refractivity contribution in [1.29, 1.82) is 0 Å². The van der Waals surface area contributed by atoms with Crippen LogP contribution < -0.4 is 20.5 Å². The Labute approximate surface area is 153 Å². The first-order chi connectivity index (χ1) is 12.6. The largest absolute Gasteiger partial charge is 0.497 e. The third-order valence-corrected chi connectivity index (χ3v) is 4.33. The molecule has 0 aliphatic carbocycles. The number of guanidine groups is 1. The normalized spacial score (nSPS) is 11.6. The van der Waals surface area contributed by atoms with Gasteiger partial charge in [-0.1, -0.05) is 12.1 Å². The van der Waals surface area contributed by atoms with Crippen LogP contribution in [-0.4, -0.2) is 31.7 Å². The molecule has 0 fully saturated rings. The van der Waals surface area contributed by atoms with Gasteiger partial charge in [-0.2, -0.15) is 0 Å². The average molecular weight is 352 g/mol. The molecule has 0 aliphatic rings. The van der Waals surface area contributed by atoms with Crippen molar-refractivity contribution in [3.63, 3.8) is 0 Å². The molecular formula is C20H24N4O2. The van der Waals surface area contributed by atoms with E-state index in [9.17, 15) is 0 Å². The van der Waals surface area contributed by atoms with E-state index in [1.54, 1.807) is 14.2 Å². The monoisotopic (exact) mass is 352 g/mol. The number of ether oxygens (including phenoxy) is 2. The van der Waals surface area contributed by atoms with Crippen LogP contribution in [0, 0.1) is 6.92 Å². The van der Waals surface area contributed by atoms with E-state index in [-0.39, 0.29) is 0 Å². The van der Waals surface area contributed by atoms with Gasteiger partial charge in [0, 0.05) is 29.7 Å². The summed E-state index contributed by atoms with van der Waals surface area (Å²) in [6.45, 7) is 2.71. The van der Waals surface area contributed by atoms with E-state index in [1.807, 2.05) is 24.4 Å². The highest BCUT2D eigenvalue weighted by Gasteiger charge is 2.07. The summed E-state index contributed by atoms with van der Waals surface area (Å²) in [7, 11) is 3.23. The van der Waals surface area contributed by atoms with Crippen LogP contribution in [0.3, 0.4) is 0 Å². The molecule has 2 aromatic carbocycles. The van der Waals surface area contributed by atoms with Crippen molar-refractivity contribution in [2.45, 2.75) is 13.3 Å². The summed E-state index contributed by atoms with van der Waals surface area (Å²) in [4.78, 5) is 7.74. The number of H-pyrrole nitrogens is 1. The first kappa shape index (κ1) is 17.7. The molecule has 6 nitrogen and oxygen atoms in total. The van der Waals surface area contributed by atoms with Crippen molar-refractivity contribution in [2.75, 3.05) is 26.1 Å². The number of nitrogens with one attached hydrogen (secondary N) is 2. The SMILES string of the molecule is COc1ccc(OC)c(NC(N)=NCCc2c[nH]c3cccc(C)c23)c1. The summed E-state index contributed by atoms with van der Waals surface area (Å²) in [6, 6.07) is 11.7. The standard InChI is InChI=1S/C20H24N4O2/c1-13-5-4-6-16-19(13)14(12-23-16)9-10-22-20(21)24-17-11-15(25-2)7-8-18(17)26-3/h4-8,11-12,23H,9-10H2,1-3H3,(H3,21,22,24). The van der Waals surface area contributed by atoms with E-state index in [0.29, 0.717) is 18.3 Å². The van der Waals surface area contributed by atoms with Gasteiger partial charge in [0.15, 0.2) is 5.96 Å². The lowest BCUT2D eigenvalue weighted by Crippen LogP contribution is -2.23. The number of rotatable bonds is 6. The molecule has 0 radical (unpaired) electrons. The van der Waals surface area contributed by atoms with Crippen molar-refractivity contribution in [3.05, 3.63) is 53.7 Å². The second kappa shape index (κ2) is 7.82. The summed E-state index contributed by atoms with van der Waals surface area (Å²) in [6.07, 6.45) is 2.85. The fourth-order valence-corrected chi connectivity index (χ4v) is 3.03. The highest BCUT2D eigenvalue weighted by molar-refractivity contribution is 5.94. The zero-order valence-electron chi connectivity index (χ0n) is 15.3. The lowest BCUT2D eigenvalue weighted by atomic mass is 10.1. The second-order valence-corrected chi connectivity index (χ2v) is 6.02. The molecule has 0 amide bonds. The predicted octanol–water partition coefficient (Wildman–Crippen LogP) is 3.46. The van der Waals surface area contributed by atoms with Gasteiger partial charge in [0.1, 0.15) is 11.5 Å². The van der Waals surface area contributed by atoms with Crippen molar-refractivity contribution in [3.8, 4) is 11.5 Å². The zero-order valence-corrected chi connectivity index (χ0v) is 15.3. The van der Waals surface area contributed by atoms with E-state index >= 15 is 0 Å². The van der Waals surface area contributed by atoms with Crippen LogP contribution in [0.25, 0.3) is 10.9 Å². The summed E-state index contributed by atoms with van der Waals surface area (Å²) in [5.74, 6) is 1.74. The summed E-state index contributed by atoms with van der Waals surface area (Å²) >= 11 is 0. The van der Waals surface area contributed by atoms with Gasteiger partial charge in [-0.15, -0.1) is 0 Å². The number of benzene rings is 2. The molecule has 4 N–H and O–H groups in total. The number of aromatic nitrogens is 1. The minimum absolute atomic E-state index is 0.341. The molecule has 0 unspecified atom stereocenters. The van der Waals surface area contributed by atoms with Crippen LogP contribution in [0.5, 0.6) is 11.5 Å². The van der Waals surface area contributed by atoms with Crippen molar-refractivity contribution < 1.29 is 9.47 Å². The molecule has 26 heavy (non-hydrogen) atoms. The molecule has 0 bridgehead atoms. The van der Waals surface area contributed by atoms with Crippen molar-refractivity contribution in [1.82, 2.24) is 4.98 Å². The summed E-state index contributed by atoms with van der Waals surface area (Å²) in [5.41, 5.74) is 10.4. The Morgan fingerprint density at radius 1 is 1.19 bits per heavy atom. The molecule has 136 valence electrons. The average Bonchev–Trinajstić information content (AvgIpc) is 3.06. The van der Waals surface area contributed by atoms with Gasteiger partial charge in [-0.25, -0.2) is 0 Å². The molecule has 0 spiro atoms. The van der Waals surface area contributed by atoms with Crippen molar-refractivity contribution >= 4 is 22.5 Å². The number of aliphatic imine (C=N–C) groups is 1. The second-order valence-electron chi connectivity index (χ2n) is 6.02. The van der Waals surface area contributed by atoms with Gasteiger partial charge in [0.25, 0.3) is 0 Å². The predicted molar refractivity (Wildman–Crippen MR) is 106 cm³/mol. The van der Waals surface area contributed by atoms with Crippen LogP contribution in [0.2, 0.25) is 0 Å². The van der Waals surface area contributed by atoms with Crippen LogP contribution in [0.1, 0.15) is 11.1 Å². The van der Waals surface area contributed by atoms with Crippen LogP contribution in [-0.2, 0) is 6.42 Å². The molecule has 0 aliphatic heterocycles. The lowest BCUT2D eigenvalue weighted by molar-refractivity contribution is 0.405. The number of aryl methyl sites for hydroxylation is 1. The minimum Gasteiger partial charge on any atom is -0.497 e. The molecule has 0 saturated heterocycles. The molecule has 6 heteroatoms. The van der Waals surface area contributed by atoms with Gasteiger partial charge in [-0.3, -0.25) is 4.99 Å². The maximum atomic E-state index is 6.04. The Balaban J connectivity index is 1.69. The highest BCUT2D eigenvalue weighted by atomic mass is 16.5. The molecule has 0 saturated carbocycles. The highest BCUT2D eigenvalue weighted by Crippen LogP contribution is 2.28. The number of hydrogen-bond acceptors (Lipinski definition) is 3. The molecule has 3 rings (SSSR count).